The van der Waals surface area contributed by atoms with Gasteiger partial charge in [0.25, 0.3) is 0 Å². The van der Waals surface area contributed by atoms with Gasteiger partial charge in [-0.25, -0.2) is 9.13 Å². The summed E-state index contributed by atoms with van der Waals surface area (Å²) in [5.41, 5.74) is 0. The van der Waals surface area contributed by atoms with Crippen molar-refractivity contribution in [2.45, 2.75) is 426 Å². The molecule has 0 aromatic carbocycles. The Bertz CT molecular complexity index is 2070. The minimum absolute atomic E-state index is 0.101. The first kappa shape index (κ1) is 99.5. The highest BCUT2D eigenvalue weighted by Gasteiger charge is 2.30. The first-order valence-electron chi connectivity index (χ1n) is 42.2. The zero-order chi connectivity index (χ0) is 75.1. The topological polar surface area (TPSA) is 237 Å². The number of phosphoric ester groups is 2. The number of rotatable bonds is 79. The van der Waals surface area contributed by atoms with E-state index < -0.39 is 97.5 Å². The van der Waals surface area contributed by atoms with Gasteiger partial charge >= 0.3 is 39.5 Å². The monoisotopic (exact) mass is 1490 g/mol. The van der Waals surface area contributed by atoms with Crippen LogP contribution < -0.4 is 0 Å². The lowest BCUT2D eigenvalue weighted by atomic mass is 10.0. The first-order valence-corrected chi connectivity index (χ1v) is 45.2. The molecule has 0 fully saturated rings. The first-order chi connectivity index (χ1) is 49.2. The van der Waals surface area contributed by atoms with Gasteiger partial charge < -0.3 is 33.8 Å². The Balaban J connectivity index is 5.26. The van der Waals surface area contributed by atoms with Gasteiger partial charge in [-0.15, -0.1) is 0 Å². The Hall–Kier alpha value is -2.46. The van der Waals surface area contributed by atoms with Gasteiger partial charge in [0, 0.05) is 25.7 Å². The molecule has 0 radical (unpaired) electrons. The lowest BCUT2D eigenvalue weighted by Gasteiger charge is -2.21. The number of aliphatic hydroxyl groups excluding tert-OH is 1. The van der Waals surface area contributed by atoms with Gasteiger partial charge in [0.1, 0.15) is 19.3 Å². The summed E-state index contributed by atoms with van der Waals surface area (Å²) in [6.07, 6.45) is 64.7. The third-order valence-corrected chi connectivity index (χ3v) is 20.7. The Morgan fingerprint density at radius 1 is 0.304 bits per heavy atom. The number of allylic oxidation sites excluding steroid dienone is 4. The molecule has 17 nitrogen and oxygen atoms in total. The molecule has 0 aliphatic carbocycles. The van der Waals surface area contributed by atoms with E-state index in [0.29, 0.717) is 31.6 Å². The third-order valence-electron chi connectivity index (χ3n) is 18.8. The van der Waals surface area contributed by atoms with Crippen LogP contribution in [0.3, 0.4) is 0 Å². The lowest BCUT2D eigenvalue weighted by Crippen LogP contribution is -2.30. The van der Waals surface area contributed by atoms with Gasteiger partial charge in [-0.3, -0.25) is 37.3 Å². The second kappa shape index (κ2) is 72.7. The van der Waals surface area contributed by atoms with Crippen molar-refractivity contribution in [1.82, 2.24) is 0 Å². The molecule has 602 valence electrons. The fraction of sp³-hybridized carbons (Fsp3) is 0.904. The summed E-state index contributed by atoms with van der Waals surface area (Å²) in [7, 11) is -9.94. The molecule has 0 aromatic rings. The molecule has 0 heterocycles. The van der Waals surface area contributed by atoms with Crippen molar-refractivity contribution in [3.05, 3.63) is 24.3 Å². The maximum atomic E-state index is 13.1. The zero-order valence-corrected chi connectivity index (χ0v) is 68.4. The van der Waals surface area contributed by atoms with E-state index in [1.165, 1.54) is 193 Å². The lowest BCUT2D eigenvalue weighted by molar-refractivity contribution is -0.161. The second-order valence-corrected chi connectivity index (χ2v) is 33.5. The molecule has 5 atom stereocenters. The minimum atomic E-state index is -4.97. The molecule has 0 aliphatic rings. The number of aliphatic hydroxyl groups is 1. The average Bonchev–Trinajstić information content (AvgIpc) is 0.918. The summed E-state index contributed by atoms with van der Waals surface area (Å²) >= 11 is 0. The van der Waals surface area contributed by atoms with E-state index in [9.17, 15) is 43.2 Å². The van der Waals surface area contributed by atoms with E-state index in [1.807, 2.05) is 0 Å². The van der Waals surface area contributed by atoms with Gasteiger partial charge in [0.2, 0.25) is 0 Å². The normalized spacial score (nSPS) is 14.1. The van der Waals surface area contributed by atoms with Crippen LogP contribution in [0.5, 0.6) is 0 Å². The summed E-state index contributed by atoms with van der Waals surface area (Å²) in [6.45, 7) is 11.9. The molecule has 3 unspecified atom stereocenters. The van der Waals surface area contributed by atoms with E-state index in [-0.39, 0.29) is 25.7 Å². The number of hydrogen-bond donors (Lipinski definition) is 3. The van der Waals surface area contributed by atoms with Gasteiger partial charge in [0.05, 0.1) is 26.4 Å². The van der Waals surface area contributed by atoms with Crippen molar-refractivity contribution >= 4 is 39.5 Å². The van der Waals surface area contributed by atoms with Crippen LogP contribution in [0.1, 0.15) is 408 Å². The smallest absolute Gasteiger partial charge is 0.462 e. The number of ether oxygens (including phenoxy) is 4. The van der Waals surface area contributed by atoms with Crippen molar-refractivity contribution < 1.29 is 80.2 Å². The standard InChI is InChI=1S/C83H158O17P2/c1-8-9-10-11-12-13-14-15-19-26-31-36-43-50-57-64-80(85)93-70-78(99-82(87)66-60-53-45-38-33-28-23-18-21-25-30-35-41-48-55-62-75(4)5)72-97-101(89,90)95-68-77(84)69-96-102(91,92)98-73-79(71-94-81(86)65-58-51-46-39-42-49-56-63-76(6)7)100-83(88)67-59-52-44-37-32-27-22-17-16-20-24-29-34-40-47-54-61-74(2)3/h13-15,19,74-79,84H,8-12,16-18,20-73H2,1-7H3,(H,89,90)(H,91,92)/b14-13-,19-15-/t77?,78-,79-/m1/s1. The predicted octanol–water partition coefficient (Wildman–Crippen LogP) is 24.5. The van der Waals surface area contributed by atoms with E-state index >= 15 is 0 Å². The Morgan fingerprint density at radius 2 is 0.529 bits per heavy atom. The Kier molecular flexibility index (Phi) is 71.0. The number of esters is 4. The molecule has 0 bridgehead atoms. The molecular weight excluding hydrogens is 1330 g/mol. The van der Waals surface area contributed by atoms with Crippen LogP contribution in [0.25, 0.3) is 0 Å². The molecule has 0 saturated carbocycles. The molecule has 0 amide bonds. The van der Waals surface area contributed by atoms with Crippen molar-refractivity contribution in [1.29, 1.82) is 0 Å². The molecule has 3 N–H and O–H groups in total. The Morgan fingerprint density at radius 3 is 0.794 bits per heavy atom. The molecule has 19 heteroatoms. The number of carbonyl (C=O) groups excluding carboxylic acids is 4. The van der Waals surface area contributed by atoms with Gasteiger partial charge in [-0.1, -0.05) is 355 Å². The van der Waals surface area contributed by atoms with Gasteiger partial charge in [-0.05, 0) is 69.1 Å². The van der Waals surface area contributed by atoms with Crippen LogP contribution in [0.4, 0.5) is 0 Å². The van der Waals surface area contributed by atoms with Crippen LogP contribution in [0.15, 0.2) is 24.3 Å². The van der Waals surface area contributed by atoms with Crippen LogP contribution in [0.2, 0.25) is 0 Å². The van der Waals surface area contributed by atoms with Crippen molar-refractivity contribution in [3.8, 4) is 0 Å². The largest absolute Gasteiger partial charge is 0.472 e. The van der Waals surface area contributed by atoms with Crippen molar-refractivity contribution in [2.75, 3.05) is 39.6 Å². The van der Waals surface area contributed by atoms with E-state index in [4.69, 9.17) is 37.0 Å². The van der Waals surface area contributed by atoms with E-state index in [2.05, 4.69) is 72.8 Å². The fourth-order valence-corrected chi connectivity index (χ4v) is 13.9. The van der Waals surface area contributed by atoms with E-state index in [0.717, 1.165) is 127 Å². The van der Waals surface area contributed by atoms with Crippen molar-refractivity contribution in [3.63, 3.8) is 0 Å². The molecule has 0 aromatic heterocycles. The summed E-state index contributed by atoms with van der Waals surface area (Å²) in [4.78, 5) is 73.1. The number of unbranched alkanes of at least 4 members (excludes halogenated alkanes) is 44. The third kappa shape index (κ3) is 75.8. The highest BCUT2D eigenvalue weighted by atomic mass is 31.2. The Labute approximate surface area is 624 Å². The summed E-state index contributed by atoms with van der Waals surface area (Å²) < 4.78 is 68.7. The number of carbonyl (C=O) groups is 4. The minimum Gasteiger partial charge on any atom is -0.462 e. The highest BCUT2D eigenvalue weighted by Crippen LogP contribution is 2.45. The SMILES string of the molecule is CCCCCC/C=C\C=C/CCCCCCCC(=O)OC[C@H](COP(=O)(O)OCC(O)COP(=O)(O)OC[C@@H](COC(=O)CCCCCCCCCC(C)C)OC(=O)CCCCCCCCCCCCCCCCCCC(C)C)OC(=O)CCCCCCCCCCCCCCCCCC(C)C. The predicted molar refractivity (Wildman–Crippen MR) is 418 cm³/mol. The maximum Gasteiger partial charge on any atom is 0.472 e. The molecule has 0 spiro atoms. The summed E-state index contributed by atoms with van der Waals surface area (Å²) in [6, 6.07) is 0. The number of phosphoric acid groups is 2. The van der Waals surface area contributed by atoms with Crippen molar-refractivity contribution in [2.24, 2.45) is 17.8 Å². The van der Waals surface area contributed by atoms with Crippen LogP contribution in [-0.4, -0.2) is 96.7 Å². The van der Waals surface area contributed by atoms with E-state index in [1.54, 1.807) is 0 Å². The van der Waals surface area contributed by atoms with Crippen LogP contribution >= 0.6 is 15.6 Å². The maximum absolute atomic E-state index is 13.1. The summed E-state index contributed by atoms with van der Waals surface area (Å²) in [5, 5.41) is 10.6. The van der Waals surface area contributed by atoms with Crippen LogP contribution in [0, 0.1) is 17.8 Å². The molecular formula is C83H158O17P2. The summed E-state index contributed by atoms with van der Waals surface area (Å²) in [5.74, 6) is 0.172. The van der Waals surface area contributed by atoms with Crippen LogP contribution in [-0.2, 0) is 65.4 Å². The quantitative estimate of drug-likeness (QED) is 0.0169. The van der Waals surface area contributed by atoms with Gasteiger partial charge in [0.15, 0.2) is 12.2 Å². The highest BCUT2D eigenvalue weighted by molar-refractivity contribution is 7.47. The molecule has 0 saturated heterocycles. The zero-order valence-electron chi connectivity index (χ0n) is 66.6. The average molecular weight is 1490 g/mol. The molecule has 0 aliphatic heterocycles. The van der Waals surface area contributed by atoms with Gasteiger partial charge in [-0.2, -0.15) is 0 Å². The molecule has 102 heavy (non-hydrogen) atoms. The molecule has 0 rings (SSSR count). The number of hydrogen-bond acceptors (Lipinski definition) is 15. The fourth-order valence-electron chi connectivity index (χ4n) is 12.3. The second-order valence-electron chi connectivity index (χ2n) is 30.6.